The van der Waals surface area contributed by atoms with Crippen molar-refractivity contribution < 1.29 is 9.53 Å². The summed E-state index contributed by atoms with van der Waals surface area (Å²) < 4.78 is 4.76. The van der Waals surface area contributed by atoms with Gasteiger partial charge in [0.25, 0.3) is 0 Å². The first-order chi connectivity index (χ1) is 14.3. The normalized spacial score (nSPS) is 16.8. The highest BCUT2D eigenvalue weighted by Gasteiger charge is 2.30. The maximum Gasteiger partial charge on any atom is 0.337 e. The van der Waals surface area contributed by atoms with Crippen LogP contribution in [0, 0.1) is 0 Å². The smallest absolute Gasteiger partial charge is 0.337 e. The van der Waals surface area contributed by atoms with Crippen molar-refractivity contribution in [1.29, 1.82) is 0 Å². The number of fused-ring (bicyclic) bond motifs is 1. The zero-order valence-corrected chi connectivity index (χ0v) is 20.4. The highest BCUT2D eigenvalue weighted by molar-refractivity contribution is 5.90. The second-order valence-corrected chi connectivity index (χ2v) is 8.07. The van der Waals surface area contributed by atoms with E-state index in [2.05, 4.69) is 52.0 Å². The first-order valence-electron chi connectivity index (χ1n) is 11.3. The van der Waals surface area contributed by atoms with Crippen LogP contribution in [-0.4, -0.2) is 13.1 Å². The minimum absolute atomic E-state index is 0.267. The molecule has 0 N–H and O–H groups in total. The molecule has 0 fully saturated rings. The van der Waals surface area contributed by atoms with Crippen LogP contribution in [0.25, 0.3) is 11.6 Å². The minimum atomic E-state index is -0.301. The lowest BCUT2D eigenvalue weighted by atomic mass is 9.69. The fourth-order valence-corrected chi connectivity index (χ4v) is 3.88. The van der Waals surface area contributed by atoms with Crippen molar-refractivity contribution in [3.8, 4) is 0 Å². The number of carbonyl (C=O) groups excluding carboxylic acids is 1. The fourth-order valence-electron chi connectivity index (χ4n) is 3.88. The van der Waals surface area contributed by atoms with Gasteiger partial charge in [-0.25, -0.2) is 4.79 Å². The number of hydrogen-bond donors (Lipinski definition) is 0. The van der Waals surface area contributed by atoms with Crippen LogP contribution in [0.15, 0.2) is 42.5 Å². The average Bonchev–Trinajstić information content (AvgIpc) is 2.79. The molecule has 1 atom stereocenters. The highest BCUT2D eigenvalue weighted by atomic mass is 16.5. The van der Waals surface area contributed by atoms with Crippen molar-refractivity contribution in [3.05, 3.63) is 70.3 Å². The van der Waals surface area contributed by atoms with E-state index >= 15 is 0 Å². The lowest BCUT2D eigenvalue weighted by Crippen LogP contribution is -2.25. The van der Waals surface area contributed by atoms with Gasteiger partial charge in [-0.1, -0.05) is 84.9 Å². The Bertz CT molecular complexity index is 841. The topological polar surface area (TPSA) is 26.3 Å². The lowest BCUT2D eigenvalue weighted by molar-refractivity contribution is 0.0600. The van der Waals surface area contributed by atoms with E-state index in [4.69, 9.17) is 4.74 Å². The Hall–Kier alpha value is -2.35. The summed E-state index contributed by atoms with van der Waals surface area (Å²) in [7, 11) is 1.40. The molecule has 1 aliphatic carbocycles. The second-order valence-electron chi connectivity index (χ2n) is 8.07. The summed E-state index contributed by atoms with van der Waals surface area (Å²) >= 11 is 0. The molecule has 0 aromatic heterocycles. The Morgan fingerprint density at radius 3 is 2.13 bits per heavy atom. The van der Waals surface area contributed by atoms with Crippen LogP contribution in [0.3, 0.4) is 0 Å². The molecule has 0 spiro atoms. The molecule has 0 bridgehead atoms. The summed E-state index contributed by atoms with van der Waals surface area (Å²) in [4.78, 5) is 11.6. The van der Waals surface area contributed by atoms with Gasteiger partial charge in [0, 0.05) is 0 Å². The SMILES string of the molecule is CC.CC.COC(=O)c1ccc(/C(C)=C/c2ccc3c(c2)C(C)CCC3(C)C)cc1. The molecule has 0 saturated carbocycles. The molecule has 1 unspecified atom stereocenters. The van der Waals surface area contributed by atoms with E-state index < -0.39 is 0 Å². The van der Waals surface area contributed by atoms with Crippen molar-refractivity contribution in [2.75, 3.05) is 7.11 Å². The monoisotopic (exact) mass is 408 g/mol. The molecular formula is C28H40O2. The number of carbonyl (C=O) groups is 1. The predicted molar refractivity (Wildman–Crippen MR) is 131 cm³/mol. The van der Waals surface area contributed by atoms with Crippen LogP contribution >= 0.6 is 0 Å². The summed E-state index contributed by atoms with van der Waals surface area (Å²) in [6.07, 6.45) is 4.73. The van der Waals surface area contributed by atoms with Gasteiger partial charge in [0.1, 0.15) is 0 Å². The maximum atomic E-state index is 11.6. The Morgan fingerprint density at radius 2 is 1.57 bits per heavy atom. The Balaban J connectivity index is 0.00000106. The third kappa shape index (κ3) is 6.08. The lowest BCUT2D eigenvalue weighted by Gasteiger charge is -2.36. The molecule has 0 radical (unpaired) electrons. The Labute approximate surface area is 184 Å². The first kappa shape index (κ1) is 25.7. The summed E-state index contributed by atoms with van der Waals surface area (Å²) in [6, 6.07) is 14.5. The van der Waals surface area contributed by atoms with Crippen LogP contribution in [0.2, 0.25) is 0 Å². The van der Waals surface area contributed by atoms with E-state index in [1.54, 1.807) is 0 Å². The molecule has 0 heterocycles. The highest BCUT2D eigenvalue weighted by Crippen LogP contribution is 2.42. The zero-order valence-electron chi connectivity index (χ0n) is 20.4. The minimum Gasteiger partial charge on any atom is -0.465 e. The molecule has 2 aromatic rings. The van der Waals surface area contributed by atoms with Crippen LogP contribution in [-0.2, 0) is 10.2 Å². The van der Waals surface area contributed by atoms with Crippen LogP contribution in [0.1, 0.15) is 107 Å². The second kappa shape index (κ2) is 11.7. The third-order valence-electron chi connectivity index (χ3n) is 5.68. The van der Waals surface area contributed by atoms with Gasteiger partial charge in [-0.3, -0.25) is 0 Å². The Kier molecular flexibility index (Phi) is 10.0. The van der Waals surface area contributed by atoms with Gasteiger partial charge < -0.3 is 4.74 Å². The molecule has 30 heavy (non-hydrogen) atoms. The van der Waals surface area contributed by atoms with E-state index in [-0.39, 0.29) is 11.4 Å². The van der Waals surface area contributed by atoms with Gasteiger partial charge in [0.05, 0.1) is 12.7 Å². The number of ether oxygens (including phenoxy) is 1. The fraction of sp³-hybridized carbons (Fsp3) is 0.464. The Morgan fingerprint density at radius 1 is 1.00 bits per heavy atom. The first-order valence-corrected chi connectivity index (χ1v) is 11.3. The van der Waals surface area contributed by atoms with Crippen molar-refractivity contribution in [3.63, 3.8) is 0 Å². The largest absolute Gasteiger partial charge is 0.465 e. The van der Waals surface area contributed by atoms with Gasteiger partial charge >= 0.3 is 5.97 Å². The summed E-state index contributed by atoms with van der Waals surface area (Å²) in [5.74, 6) is 0.315. The number of benzene rings is 2. The van der Waals surface area contributed by atoms with Crippen molar-refractivity contribution in [1.82, 2.24) is 0 Å². The van der Waals surface area contributed by atoms with Crippen molar-refractivity contribution in [2.45, 2.75) is 79.6 Å². The molecule has 1 aliphatic rings. The molecule has 0 saturated heterocycles. The maximum absolute atomic E-state index is 11.6. The molecule has 0 aliphatic heterocycles. The van der Waals surface area contributed by atoms with Crippen molar-refractivity contribution >= 4 is 17.6 Å². The molecular weight excluding hydrogens is 368 g/mol. The van der Waals surface area contributed by atoms with Gasteiger partial charge in [0.2, 0.25) is 0 Å². The molecule has 2 aromatic carbocycles. The van der Waals surface area contributed by atoms with Crippen LogP contribution in [0.5, 0.6) is 0 Å². The number of methoxy groups -OCH3 is 1. The molecule has 3 rings (SSSR count). The molecule has 2 nitrogen and oxygen atoms in total. The van der Waals surface area contributed by atoms with E-state index in [1.165, 1.54) is 42.2 Å². The molecule has 0 amide bonds. The summed E-state index contributed by atoms with van der Waals surface area (Å²) in [5, 5.41) is 0. The molecule has 164 valence electrons. The average molecular weight is 409 g/mol. The number of esters is 1. The van der Waals surface area contributed by atoms with Gasteiger partial charge in [0.15, 0.2) is 0 Å². The van der Waals surface area contributed by atoms with Gasteiger partial charge in [-0.05, 0) is 71.1 Å². The quantitative estimate of drug-likeness (QED) is 0.377. The third-order valence-corrected chi connectivity index (χ3v) is 5.68. The number of hydrogen-bond acceptors (Lipinski definition) is 2. The zero-order chi connectivity index (χ0) is 22.9. The predicted octanol–water partition coefficient (Wildman–Crippen LogP) is 8.26. The van der Waals surface area contributed by atoms with Crippen molar-refractivity contribution in [2.24, 2.45) is 0 Å². The van der Waals surface area contributed by atoms with E-state index in [1.807, 2.05) is 52.0 Å². The van der Waals surface area contributed by atoms with E-state index in [9.17, 15) is 4.79 Å². The van der Waals surface area contributed by atoms with E-state index in [0.717, 1.165) is 5.56 Å². The van der Waals surface area contributed by atoms with E-state index in [0.29, 0.717) is 11.5 Å². The summed E-state index contributed by atoms with van der Waals surface area (Å²) in [5.41, 5.74) is 7.37. The van der Waals surface area contributed by atoms with Gasteiger partial charge in [-0.15, -0.1) is 0 Å². The molecule has 2 heteroatoms. The summed E-state index contributed by atoms with van der Waals surface area (Å²) in [6.45, 7) is 17.1. The standard InChI is InChI=1S/C24H28O2.2C2H6/c1-16-12-13-24(3,4)22-11-6-18(15-21(16)22)14-17(2)19-7-9-20(10-8-19)23(25)26-5;2*1-2/h6-11,14-16H,12-13H2,1-5H3;2*1-2H3/b17-14+;;. The van der Waals surface area contributed by atoms with Crippen LogP contribution < -0.4 is 0 Å². The number of rotatable bonds is 3. The van der Waals surface area contributed by atoms with Gasteiger partial charge in [-0.2, -0.15) is 0 Å². The number of allylic oxidation sites excluding steroid dienone is 1. The van der Waals surface area contributed by atoms with Crippen LogP contribution in [0.4, 0.5) is 0 Å².